The summed E-state index contributed by atoms with van der Waals surface area (Å²) in [7, 11) is 3.80. The second-order valence-corrected chi connectivity index (χ2v) is 5.55. The van der Waals surface area contributed by atoms with E-state index in [0.717, 1.165) is 31.0 Å². The maximum absolute atomic E-state index is 8.70. The second-order valence-electron chi connectivity index (χ2n) is 4.32. The molecule has 0 radical (unpaired) electrons. The van der Waals surface area contributed by atoms with Gasteiger partial charge in [0.05, 0.1) is 0 Å². The summed E-state index contributed by atoms with van der Waals surface area (Å²) in [5.74, 6) is 3.73. The number of aromatic nitrogens is 3. The van der Waals surface area contributed by atoms with Gasteiger partial charge in [0.2, 0.25) is 17.8 Å². The molecule has 0 amide bonds. The molecule has 3 N–H and O–H groups in total. The number of anilines is 3. The van der Waals surface area contributed by atoms with Crippen LogP contribution in [0.25, 0.3) is 0 Å². The lowest BCUT2D eigenvalue weighted by molar-refractivity contribution is 0.296. The van der Waals surface area contributed by atoms with Crippen LogP contribution in [0.15, 0.2) is 0 Å². The van der Waals surface area contributed by atoms with Crippen LogP contribution in [0, 0.1) is 0 Å². The highest BCUT2D eigenvalue weighted by atomic mass is 32.2. The Hall–Kier alpha value is -1.28. The molecule has 1 rings (SSSR count). The molecule has 0 unspecified atom stereocenters. The number of nitrogens with one attached hydrogen (secondary N) is 2. The molecular formula is C12H24N6OS. The highest BCUT2D eigenvalue weighted by molar-refractivity contribution is 7.99. The van der Waals surface area contributed by atoms with Gasteiger partial charge in [0.15, 0.2) is 0 Å². The summed E-state index contributed by atoms with van der Waals surface area (Å²) in [6, 6.07) is 0. The Kier molecular flexibility index (Phi) is 8.05. The maximum Gasteiger partial charge on any atom is 0.231 e. The number of thioether (sulfide) groups is 1. The van der Waals surface area contributed by atoms with Crippen LogP contribution in [-0.2, 0) is 0 Å². The Morgan fingerprint density at radius 3 is 2.40 bits per heavy atom. The van der Waals surface area contributed by atoms with Crippen molar-refractivity contribution in [3.8, 4) is 0 Å². The van der Waals surface area contributed by atoms with Crippen molar-refractivity contribution < 1.29 is 5.11 Å². The first kappa shape index (κ1) is 16.8. The van der Waals surface area contributed by atoms with Crippen molar-refractivity contribution in [1.82, 2.24) is 15.0 Å². The van der Waals surface area contributed by atoms with E-state index in [0.29, 0.717) is 17.8 Å². The van der Waals surface area contributed by atoms with Crippen molar-refractivity contribution in [3.05, 3.63) is 0 Å². The van der Waals surface area contributed by atoms with E-state index < -0.39 is 0 Å². The third kappa shape index (κ3) is 6.25. The summed E-state index contributed by atoms with van der Waals surface area (Å²) >= 11 is 1.80. The fraction of sp³-hybridized carbons (Fsp3) is 0.750. The van der Waals surface area contributed by atoms with E-state index in [9.17, 15) is 0 Å². The standard InChI is InChI=1S/C12H24N6OS/c1-4-13-10-15-11(17-12(16-10)18(2)3)14-6-9-20-8-5-7-19/h19H,4-9H2,1-3H3,(H2,13,14,15,16,17). The van der Waals surface area contributed by atoms with Crippen molar-refractivity contribution in [2.75, 3.05) is 60.8 Å². The zero-order valence-corrected chi connectivity index (χ0v) is 13.2. The van der Waals surface area contributed by atoms with Crippen LogP contribution in [0.2, 0.25) is 0 Å². The molecule has 0 atom stereocenters. The molecule has 114 valence electrons. The van der Waals surface area contributed by atoms with Gasteiger partial charge in [-0.05, 0) is 19.1 Å². The summed E-state index contributed by atoms with van der Waals surface area (Å²) in [4.78, 5) is 14.8. The molecule has 0 saturated carbocycles. The van der Waals surface area contributed by atoms with Crippen LogP contribution < -0.4 is 15.5 Å². The average Bonchev–Trinajstić information content (AvgIpc) is 2.43. The Labute approximate surface area is 124 Å². The summed E-state index contributed by atoms with van der Waals surface area (Å²) < 4.78 is 0. The molecule has 0 aliphatic carbocycles. The predicted molar refractivity (Wildman–Crippen MR) is 85.8 cm³/mol. The van der Waals surface area contributed by atoms with E-state index >= 15 is 0 Å². The molecule has 0 spiro atoms. The molecular weight excluding hydrogens is 276 g/mol. The third-order valence-electron chi connectivity index (χ3n) is 2.33. The molecule has 7 nitrogen and oxygen atoms in total. The van der Waals surface area contributed by atoms with Crippen molar-refractivity contribution >= 4 is 29.6 Å². The Morgan fingerprint density at radius 2 is 1.80 bits per heavy atom. The molecule has 20 heavy (non-hydrogen) atoms. The second kappa shape index (κ2) is 9.60. The van der Waals surface area contributed by atoms with Crippen LogP contribution in [0.5, 0.6) is 0 Å². The van der Waals surface area contributed by atoms with Gasteiger partial charge >= 0.3 is 0 Å². The average molecular weight is 300 g/mol. The molecule has 0 saturated heterocycles. The Balaban J connectivity index is 2.50. The summed E-state index contributed by atoms with van der Waals surface area (Å²) in [5.41, 5.74) is 0. The predicted octanol–water partition coefficient (Wildman–Crippen LogP) is 0.897. The first-order chi connectivity index (χ1) is 9.67. The minimum Gasteiger partial charge on any atom is -0.396 e. The first-order valence-electron chi connectivity index (χ1n) is 6.77. The molecule has 0 aromatic carbocycles. The van der Waals surface area contributed by atoms with E-state index in [2.05, 4.69) is 25.6 Å². The molecule has 1 aromatic rings. The number of aliphatic hydroxyl groups is 1. The molecule has 1 heterocycles. The minimum atomic E-state index is 0.256. The zero-order valence-electron chi connectivity index (χ0n) is 12.4. The molecule has 0 fully saturated rings. The van der Waals surface area contributed by atoms with Crippen LogP contribution >= 0.6 is 11.8 Å². The number of hydrogen-bond acceptors (Lipinski definition) is 8. The van der Waals surface area contributed by atoms with Crippen molar-refractivity contribution in [3.63, 3.8) is 0 Å². The number of hydrogen-bond donors (Lipinski definition) is 3. The summed E-state index contributed by atoms with van der Waals surface area (Å²) in [6.45, 7) is 3.82. The molecule has 0 aliphatic rings. The molecule has 1 aromatic heterocycles. The Bertz CT molecular complexity index is 390. The zero-order chi connectivity index (χ0) is 14.8. The van der Waals surface area contributed by atoms with Crippen molar-refractivity contribution in [2.45, 2.75) is 13.3 Å². The minimum absolute atomic E-state index is 0.256. The van der Waals surface area contributed by atoms with Crippen molar-refractivity contribution in [1.29, 1.82) is 0 Å². The lowest BCUT2D eigenvalue weighted by atomic mass is 10.5. The normalized spacial score (nSPS) is 10.4. The van der Waals surface area contributed by atoms with Gasteiger partial charge in [-0.3, -0.25) is 0 Å². The summed E-state index contributed by atoms with van der Waals surface area (Å²) in [6.07, 6.45) is 0.839. The molecule has 8 heteroatoms. The van der Waals surface area contributed by atoms with Gasteiger partial charge in [-0.1, -0.05) is 0 Å². The number of rotatable bonds is 10. The quantitative estimate of drug-likeness (QED) is 0.549. The van der Waals surface area contributed by atoms with Gasteiger partial charge in [-0.25, -0.2) is 0 Å². The number of nitrogens with zero attached hydrogens (tertiary/aromatic N) is 4. The third-order valence-corrected chi connectivity index (χ3v) is 3.40. The topological polar surface area (TPSA) is 86.2 Å². The SMILES string of the molecule is CCNc1nc(NCCSCCCO)nc(N(C)C)n1. The lowest BCUT2D eigenvalue weighted by Gasteiger charge is -2.13. The van der Waals surface area contributed by atoms with Gasteiger partial charge in [0.1, 0.15) is 0 Å². The van der Waals surface area contributed by atoms with Crippen molar-refractivity contribution in [2.24, 2.45) is 0 Å². The lowest BCUT2D eigenvalue weighted by Crippen LogP contribution is -2.17. The fourth-order valence-corrected chi connectivity index (χ4v) is 2.17. The Morgan fingerprint density at radius 1 is 1.10 bits per heavy atom. The smallest absolute Gasteiger partial charge is 0.231 e. The highest BCUT2D eigenvalue weighted by Gasteiger charge is 2.07. The van der Waals surface area contributed by atoms with Gasteiger partial charge in [0.25, 0.3) is 0 Å². The van der Waals surface area contributed by atoms with Crippen LogP contribution in [-0.4, -0.2) is 65.4 Å². The van der Waals surface area contributed by atoms with Crippen LogP contribution in [0.3, 0.4) is 0 Å². The van der Waals surface area contributed by atoms with Gasteiger partial charge < -0.3 is 20.6 Å². The molecule has 0 bridgehead atoms. The largest absolute Gasteiger partial charge is 0.396 e. The maximum atomic E-state index is 8.70. The fourth-order valence-electron chi connectivity index (χ4n) is 1.38. The van der Waals surface area contributed by atoms with Crippen LogP contribution in [0.1, 0.15) is 13.3 Å². The van der Waals surface area contributed by atoms with E-state index in [1.165, 1.54) is 0 Å². The van der Waals surface area contributed by atoms with Gasteiger partial charge in [-0.2, -0.15) is 26.7 Å². The van der Waals surface area contributed by atoms with E-state index in [4.69, 9.17) is 5.11 Å². The van der Waals surface area contributed by atoms with Gasteiger partial charge in [0, 0.05) is 39.5 Å². The monoisotopic (exact) mass is 300 g/mol. The van der Waals surface area contributed by atoms with Crippen LogP contribution in [0.4, 0.5) is 17.8 Å². The number of aliphatic hydroxyl groups excluding tert-OH is 1. The van der Waals surface area contributed by atoms with E-state index in [1.54, 1.807) is 11.8 Å². The van der Waals surface area contributed by atoms with Gasteiger partial charge in [-0.15, -0.1) is 0 Å². The molecule has 0 aliphatic heterocycles. The highest BCUT2D eigenvalue weighted by Crippen LogP contribution is 2.11. The first-order valence-corrected chi connectivity index (χ1v) is 7.92. The van der Waals surface area contributed by atoms with E-state index in [-0.39, 0.29) is 6.61 Å². The van der Waals surface area contributed by atoms with E-state index in [1.807, 2.05) is 25.9 Å². The summed E-state index contributed by atoms with van der Waals surface area (Å²) in [5, 5.41) is 15.0.